The second-order valence-corrected chi connectivity index (χ2v) is 7.17. The summed E-state index contributed by atoms with van der Waals surface area (Å²) in [6.45, 7) is 8.07. The lowest BCUT2D eigenvalue weighted by molar-refractivity contribution is -0.145. The smallest absolute Gasteiger partial charge is 0.339 e. The Morgan fingerprint density at radius 3 is 2.20 bits per heavy atom. The van der Waals surface area contributed by atoms with Gasteiger partial charge in [-0.25, -0.2) is 4.79 Å². The summed E-state index contributed by atoms with van der Waals surface area (Å²) in [6.07, 6.45) is -1.10. The molecule has 0 saturated carbocycles. The summed E-state index contributed by atoms with van der Waals surface area (Å²) in [5.74, 6) is -2.20. The first-order chi connectivity index (χ1) is 14.0. The topological polar surface area (TPSA) is 115 Å². The maximum atomic E-state index is 12.7. The highest BCUT2D eigenvalue weighted by Crippen LogP contribution is 2.20. The lowest BCUT2D eigenvalue weighted by atomic mass is 10.1. The highest BCUT2D eigenvalue weighted by atomic mass is 16.5. The van der Waals surface area contributed by atoms with Crippen LogP contribution in [0.25, 0.3) is 0 Å². The molecular weight excluding hydrogens is 388 g/mol. The largest absolute Gasteiger partial charge is 0.465 e. The number of aryl methyl sites for hydroxylation is 3. The molecule has 8 nitrogen and oxygen atoms in total. The van der Waals surface area contributed by atoms with Crippen molar-refractivity contribution in [1.29, 1.82) is 0 Å². The Bertz CT molecular complexity index is 985. The molecule has 0 spiro atoms. The number of aromatic nitrogens is 1. The molecule has 1 heterocycles. The maximum absolute atomic E-state index is 12.7. The molecule has 30 heavy (non-hydrogen) atoms. The summed E-state index contributed by atoms with van der Waals surface area (Å²) >= 11 is 0. The molecule has 0 aliphatic heterocycles. The number of ketones is 1. The Morgan fingerprint density at radius 1 is 1.03 bits per heavy atom. The molecule has 0 bridgehead atoms. The van der Waals surface area contributed by atoms with Crippen LogP contribution in [0.4, 0.5) is 0 Å². The van der Waals surface area contributed by atoms with Crippen molar-refractivity contribution in [2.75, 3.05) is 13.7 Å². The van der Waals surface area contributed by atoms with Gasteiger partial charge in [0.1, 0.15) is 6.54 Å². The highest BCUT2D eigenvalue weighted by Gasteiger charge is 2.27. The molecule has 8 heteroatoms. The van der Waals surface area contributed by atoms with Gasteiger partial charge in [-0.3, -0.25) is 14.4 Å². The van der Waals surface area contributed by atoms with Crippen molar-refractivity contribution < 1.29 is 28.7 Å². The van der Waals surface area contributed by atoms with Gasteiger partial charge in [-0.2, -0.15) is 0 Å². The van der Waals surface area contributed by atoms with E-state index in [1.807, 2.05) is 19.9 Å². The number of benzene rings is 1. The first-order valence-electron chi connectivity index (χ1n) is 9.42. The molecule has 2 rings (SSSR count). The number of nitrogens with one attached hydrogen (secondary N) is 2. The van der Waals surface area contributed by atoms with Gasteiger partial charge in [0.15, 0.2) is 6.10 Å². The van der Waals surface area contributed by atoms with Crippen molar-refractivity contribution in [2.45, 2.75) is 40.7 Å². The standard InChI is InChI=1S/C22H26N2O6/c1-11-7-12(2)9-16(8-11)21(27)23-10-17(25)30-15(5)20(26)19-13(3)18(14(4)24-19)22(28)29-6/h7-9,15,24H,10H2,1-6H3,(H,23,27)/t15-/m1/s1. The molecule has 2 aromatic rings. The number of aromatic amines is 1. The fraction of sp³-hybridized carbons (Fsp3) is 0.364. The Hall–Kier alpha value is -3.42. The van der Waals surface area contributed by atoms with Crippen LogP contribution in [0.2, 0.25) is 0 Å². The van der Waals surface area contributed by atoms with Gasteiger partial charge in [0, 0.05) is 11.3 Å². The summed E-state index contributed by atoms with van der Waals surface area (Å²) in [5, 5.41) is 2.49. The number of carbonyl (C=O) groups excluding carboxylic acids is 4. The van der Waals surface area contributed by atoms with Crippen LogP contribution >= 0.6 is 0 Å². The van der Waals surface area contributed by atoms with Gasteiger partial charge in [0.05, 0.1) is 18.4 Å². The SMILES string of the molecule is COC(=O)c1c(C)[nH]c(C(=O)[C@@H](C)OC(=O)CNC(=O)c2cc(C)cc(C)c2)c1C. The first-order valence-corrected chi connectivity index (χ1v) is 9.42. The van der Waals surface area contributed by atoms with Gasteiger partial charge in [-0.15, -0.1) is 0 Å². The highest BCUT2D eigenvalue weighted by molar-refractivity contribution is 6.04. The van der Waals surface area contributed by atoms with Gasteiger partial charge >= 0.3 is 11.9 Å². The van der Waals surface area contributed by atoms with Crippen molar-refractivity contribution in [3.05, 3.63) is 57.4 Å². The van der Waals surface area contributed by atoms with Gasteiger partial charge in [-0.1, -0.05) is 17.2 Å². The fourth-order valence-electron chi connectivity index (χ4n) is 3.26. The van der Waals surface area contributed by atoms with E-state index in [2.05, 4.69) is 10.3 Å². The number of rotatable bonds is 7. The van der Waals surface area contributed by atoms with Crippen LogP contribution in [0.1, 0.15) is 60.5 Å². The number of hydrogen-bond acceptors (Lipinski definition) is 6. The van der Waals surface area contributed by atoms with Crippen molar-refractivity contribution >= 4 is 23.6 Å². The molecular formula is C22H26N2O6. The number of Topliss-reactive ketones (excluding diaryl/α,β-unsaturated/α-hetero) is 1. The van der Waals surface area contributed by atoms with Crippen LogP contribution in [0, 0.1) is 27.7 Å². The van der Waals surface area contributed by atoms with Crippen LogP contribution in [-0.2, 0) is 14.3 Å². The number of esters is 2. The normalized spacial score (nSPS) is 11.5. The minimum atomic E-state index is -1.10. The van der Waals surface area contributed by atoms with Crippen molar-refractivity contribution in [2.24, 2.45) is 0 Å². The third-order valence-electron chi connectivity index (χ3n) is 4.63. The Kier molecular flexibility index (Phi) is 7.15. The van der Waals surface area contributed by atoms with Crippen LogP contribution < -0.4 is 5.32 Å². The number of amides is 1. The van der Waals surface area contributed by atoms with Gasteiger partial charge in [0.25, 0.3) is 5.91 Å². The Balaban J connectivity index is 1.99. The van der Waals surface area contributed by atoms with Crippen LogP contribution in [0.3, 0.4) is 0 Å². The monoisotopic (exact) mass is 414 g/mol. The predicted octanol–water partition coefficient (Wildman–Crippen LogP) is 2.58. The van der Waals surface area contributed by atoms with Gasteiger partial charge < -0.3 is 19.8 Å². The molecule has 1 amide bonds. The quantitative estimate of drug-likeness (QED) is 0.532. The van der Waals surface area contributed by atoms with E-state index in [1.165, 1.54) is 14.0 Å². The summed E-state index contributed by atoms with van der Waals surface area (Å²) in [4.78, 5) is 51.7. The van der Waals surface area contributed by atoms with E-state index >= 15 is 0 Å². The molecule has 160 valence electrons. The maximum Gasteiger partial charge on any atom is 0.339 e. The van der Waals surface area contributed by atoms with Crippen LogP contribution in [0.5, 0.6) is 0 Å². The summed E-state index contributed by atoms with van der Waals surface area (Å²) in [5.41, 5.74) is 3.68. The predicted molar refractivity (Wildman–Crippen MR) is 110 cm³/mol. The molecule has 0 radical (unpaired) electrons. The third kappa shape index (κ3) is 5.14. The van der Waals surface area contributed by atoms with Crippen LogP contribution in [-0.4, -0.2) is 48.4 Å². The summed E-state index contributed by atoms with van der Waals surface area (Å²) < 4.78 is 9.88. The molecule has 2 N–H and O–H groups in total. The van der Waals surface area contributed by atoms with Gasteiger partial charge in [0.2, 0.25) is 5.78 Å². The number of methoxy groups -OCH3 is 1. The average molecular weight is 414 g/mol. The average Bonchev–Trinajstić information content (AvgIpc) is 2.98. The zero-order chi connectivity index (χ0) is 22.6. The molecule has 0 aliphatic carbocycles. The minimum absolute atomic E-state index is 0.174. The van der Waals surface area contributed by atoms with Crippen molar-refractivity contribution in [1.82, 2.24) is 10.3 Å². The van der Waals surface area contributed by atoms with E-state index in [9.17, 15) is 19.2 Å². The lowest BCUT2D eigenvalue weighted by Crippen LogP contribution is -2.34. The summed E-state index contributed by atoms with van der Waals surface area (Å²) in [7, 11) is 1.26. The third-order valence-corrected chi connectivity index (χ3v) is 4.63. The second-order valence-electron chi connectivity index (χ2n) is 7.17. The molecule has 0 unspecified atom stereocenters. The lowest BCUT2D eigenvalue weighted by Gasteiger charge is -2.13. The van der Waals surface area contributed by atoms with E-state index in [0.29, 0.717) is 16.8 Å². The molecule has 1 atom stereocenters. The van der Waals surface area contributed by atoms with E-state index in [4.69, 9.17) is 9.47 Å². The Labute approximate surface area is 175 Å². The number of carbonyl (C=O) groups is 4. The number of hydrogen-bond donors (Lipinski definition) is 2. The fourth-order valence-corrected chi connectivity index (χ4v) is 3.26. The van der Waals surface area contributed by atoms with E-state index in [-0.39, 0.29) is 17.8 Å². The molecule has 0 aliphatic rings. The molecule has 0 fully saturated rings. The molecule has 1 aromatic heterocycles. The number of H-pyrrole nitrogens is 1. The van der Waals surface area contributed by atoms with E-state index < -0.39 is 29.7 Å². The first kappa shape index (κ1) is 22.9. The van der Waals surface area contributed by atoms with E-state index in [1.54, 1.807) is 26.0 Å². The van der Waals surface area contributed by atoms with E-state index in [0.717, 1.165) is 11.1 Å². The van der Waals surface area contributed by atoms with Gasteiger partial charge in [-0.05, 0) is 52.3 Å². The van der Waals surface area contributed by atoms with Crippen LogP contribution in [0.15, 0.2) is 18.2 Å². The van der Waals surface area contributed by atoms with Crippen molar-refractivity contribution in [3.8, 4) is 0 Å². The minimum Gasteiger partial charge on any atom is -0.465 e. The number of ether oxygens (including phenoxy) is 2. The zero-order valence-corrected chi connectivity index (χ0v) is 18.0. The summed E-state index contributed by atoms with van der Waals surface area (Å²) in [6, 6.07) is 5.37. The Morgan fingerprint density at radius 2 is 1.63 bits per heavy atom. The zero-order valence-electron chi connectivity index (χ0n) is 18.0. The second kappa shape index (κ2) is 9.39. The molecule has 1 aromatic carbocycles. The van der Waals surface area contributed by atoms with Crippen molar-refractivity contribution in [3.63, 3.8) is 0 Å². The molecule has 0 saturated heterocycles.